The molecule has 1 aromatic heterocycles. The smallest absolute Gasteiger partial charge is 0.258 e. The van der Waals surface area contributed by atoms with Crippen LogP contribution in [-0.4, -0.2) is 34.3 Å². The minimum absolute atomic E-state index is 0.251. The molecule has 3 rings (SSSR count). The molecule has 0 radical (unpaired) electrons. The third-order valence-electron chi connectivity index (χ3n) is 4.44. The minimum atomic E-state index is -0.837. The first-order valence-electron chi connectivity index (χ1n) is 8.76. The molecule has 2 amide bonds. The average Bonchev–Trinajstić information content (AvgIpc) is 3.12. The van der Waals surface area contributed by atoms with Crippen molar-refractivity contribution in [2.24, 2.45) is 0 Å². The van der Waals surface area contributed by atoms with E-state index in [1.807, 2.05) is 42.7 Å². The van der Waals surface area contributed by atoms with Crippen molar-refractivity contribution in [1.29, 1.82) is 5.26 Å². The molecular formula is C21H20N4O2. The Morgan fingerprint density at radius 1 is 1.15 bits per heavy atom. The number of H-pyrrole nitrogens is 1. The maximum Gasteiger partial charge on any atom is 0.258 e. The maximum atomic E-state index is 12.8. The lowest BCUT2D eigenvalue weighted by molar-refractivity contribution is -0.130. The molecule has 0 bridgehead atoms. The fourth-order valence-corrected chi connectivity index (χ4v) is 3.02. The summed E-state index contributed by atoms with van der Waals surface area (Å²) >= 11 is 0. The molecule has 1 atom stereocenters. The Labute approximate surface area is 157 Å². The van der Waals surface area contributed by atoms with Crippen molar-refractivity contribution in [3.8, 4) is 6.19 Å². The van der Waals surface area contributed by atoms with Crippen LogP contribution in [0.3, 0.4) is 0 Å². The van der Waals surface area contributed by atoms with Gasteiger partial charge in [-0.25, -0.2) is 4.90 Å². The van der Waals surface area contributed by atoms with Gasteiger partial charge in [-0.2, -0.15) is 5.26 Å². The standard InChI is InChI=1S/C21H20N4O2/c1-2-25(14-22)21(27)19(24-20(26)15-8-4-3-5-9-15)12-16-13-23-18-11-7-6-10-17(16)18/h3-11,13,19,23H,2,12H2,1H3,(H,24,26). The molecule has 0 aliphatic carbocycles. The van der Waals surface area contributed by atoms with Crippen LogP contribution in [0.25, 0.3) is 10.9 Å². The van der Waals surface area contributed by atoms with Gasteiger partial charge in [0, 0.05) is 35.6 Å². The van der Waals surface area contributed by atoms with Crippen LogP contribution in [0.15, 0.2) is 60.8 Å². The van der Waals surface area contributed by atoms with Crippen molar-refractivity contribution in [1.82, 2.24) is 15.2 Å². The van der Waals surface area contributed by atoms with E-state index >= 15 is 0 Å². The van der Waals surface area contributed by atoms with Crippen LogP contribution >= 0.6 is 0 Å². The summed E-state index contributed by atoms with van der Waals surface area (Å²) in [5, 5.41) is 13.0. The van der Waals surface area contributed by atoms with Crippen molar-refractivity contribution >= 4 is 22.7 Å². The van der Waals surface area contributed by atoms with Crippen molar-refractivity contribution in [2.75, 3.05) is 6.54 Å². The molecule has 2 N–H and O–H groups in total. The van der Waals surface area contributed by atoms with Crippen LogP contribution in [-0.2, 0) is 11.2 Å². The van der Waals surface area contributed by atoms with E-state index in [-0.39, 0.29) is 12.5 Å². The number of para-hydroxylation sites is 1. The van der Waals surface area contributed by atoms with Gasteiger partial charge in [0.05, 0.1) is 0 Å². The second-order valence-corrected chi connectivity index (χ2v) is 6.14. The molecule has 136 valence electrons. The fourth-order valence-electron chi connectivity index (χ4n) is 3.02. The maximum absolute atomic E-state index is 12.8. The SMILES string of the molecule is CCN(C#N)C(=O)C(Cc1c[nH]c2ccccc12)NC(=O)c1ccccc1. The summed E-state index contributed by atoms with van der Waals surface area (Å²) in [7, 11) is 0. The topological polar surface area (TPSA) is 89.0 Å². The van der Waals surface area contributed by atoms with Crippen LogP contribution < -0.4 is 5.32 Å². The highest BCUT2D eigenvalue weighted by Gasteiger charge is 2.27. The molecule has 6 heteroatoms. The molecule has 0 aliphatic heterocycles. The molecule has 27 heavy (non-hydrogen) atoms. The minimum Gasteiger partial charge on any atom is -0.361 e. The van der Waals surface area contributed by atoms with Crippen molar-refractivity contribution < 1.29 is 9.59 Å². The second kappa shape index (κ2) is 8.19. The van der Waals surface area contributed by atoms with Crippen LogP contribution in [0.2, 0.25) is 0 Å². The Bertz CT molecular complexity index is 988. The molecule has 0 aliphatic rings. The molecule has 0 saturated carbocycles. The zero-order valence-corrected chi connectivity index (χ0v) is 15.0. The lowest BCUT2D eigenvalue weighted by Gasteiger charge is -2.21. The molecule has 0 saturated heterocycles. The number of benzene rings is 2. The number of amides is 2. The highest BCUT2D eigenvalue weighted by Crippen LogP contribution is 2.20. The first-order chi connectivity index (χ1) is 13.1. The van der Waals surface area contributed by atoms with Gasteiger partial charge in [-0.1, -0.05) is 36.4 Å². The Morgan fingerprint density at radius 2 is 1.85 bits per heavy atom. The van der Waals surface area contributed by atoms with Crippen LogP contribution in [0.1, 0.15) is 22.8 Å². The molecular weight excluding hydrogens is 340 g/mol. The van der Waals surface area contributed by atoms with Gasteiger partial charge in [0.15, 0.2) is 6.19 Å². The summed E-state index contributed by atoms with van der Waals surface area (Å²) < 4.78 is 0. The van der Waals surface area contributed by atoms with Gasteiger partial charge in [-0.3, -0.25) is 9.59 Å². The van der Waals surface area contributed by atoms with Gasteiger partial charge in [0.2, 0.25) is 0 Å². The highest BCUT2D eigenvalue weighted by molar-refractivity contribution is 5.98. The number of carbonyl (C=O) groups is 2. The third-order valence-corrected chi connectivity index (χ3v) is 4.44. The number of fused-ring (bicyclic) bond motifs is 1. The first-order valence-corrected chi connectivity index (χ1v) is 8.76. The van der Waals surface area contributed by atoms with Gasteiger partial charge >= 0.3 is 0 Å². The van der Waals surface area contributed by atoms with E-state index in [1.54, 1.807) is 31.2 Å². The molecule has 6 nitrogen and oxygen atoms in total. The summed E-state index contributed by atoms with van der Waals surface area (Å²) in [6.07, 6.45) is 4.01. The van der Waals surface area contributed by atoms with Crippen LogP contribution in [0, 0.1) is 11.5 Å². The van der Waals surface area contributed by atoms with E-state index in [0.29, 0.717) is 12.0 Å². The Morgan fingerprint density at radius 3 is 2.56 bits per heavy atom. The van der Waals surface area contributed by atoms with E-state index in [0.717, 1.165) is 21.4 Å². The zero-order valence-electron chi connectivity index (χ0n) is 15.0. The number of hydrogen-bond donors (Lipinski definition) is 2. The fraction of sp³-hybridized carbons (Fsp3) is 0.190. The van der Waals surface area contributed by atoms with Gasteiger partial charge in [-0.15, -0.1) is 0 Å². The zero-order chi connectivity index (χ0) is 19.2. The summed E-state index contributed by atoms with van der Waals surface area (Å²) in [5.41, 5.74) is 2.33. The number of nitriles is 1. The number of aromatic amines is 1. The normalized spacial score (nSPS) is 11.6. The largest absolute Gasteiger partial charge is 0.361 e. The summed E-state index contributed by atoms with van der Waals surface area (Å²) in [5.74, 6) is -0.766. The van der Waals surface area contributed by atoms with Crippen LogP contribution in [0.4, 0.5) is 0 Å². The predicted molar refractivity (Wildman–Crippen MR) is 103 cm³/mol. The summed E-state index contributed by atoms with van der Waals surface area (Å²) in [6, 6.07) is 15.6. The lowest BCUT2D eigenvalue weighted by atomic mass is 10.0. The summed E-state index contributed by atoms with van der Waals surface area (Å²) in [6.45, 7) is 1.98. The Hall–Kier alpha value is -3.59. The summed E-state index contributed by atoms with van der Waals surface area (Å²) in [4.78, 5) is 29.6. The molecule has 0 fully saturated rings. The second-order valence-electron chi connectivity index (χ2n) is 6.14. The Kier molecular flexibility index (Phi) is 5.53. The number of nitrogens with zero attached hydrogens (tertiary/aromatic N) is 2. The van der Waals surface area contributed by atoms with Crippen molar-refractivity contribution in [3.63, 3.8) is 0 Å². The molecule has 0 spiro atoms. The Balaban J connectivity index is 1.89. The predicted octanol–water partition coefficient (Wildman–Crippen LogP) is 2.84. The number of aromatic nitrogens is 1. The lowest BCUT2D eigenvalue weighted by Crippen LogP contribution is -2.48. The van der Waals surface area contributed by atoms with E-state index < -0.39 is 11.9 Å². The van der Waals surface area contributed by atoms with Crippen molar-refractivity contribution in [3.05, 3.63) is 71.9 Å². The third kappa shape index (κ3) is 3.98. The van der Waals surface area contributed by atoms with E-state index in [9.17, 15) is 14.9 Å². The quantitative estimate of drug-likeness (QED) is 0.523. The van der Waals surface area contributed by atoms with E-state index in [1.165, 1.54) is 0 Å². The van der Waals surface area contributed by atoms with Crippen LogP contribution in [0.5, 0.6) is 0 Å². The molecule has 1 unspecified atom stereocenters. The number of rotatable bonds is 6. The van der Waals surface area contributed by atoms with Gasteiger partial charge in [0.25, 0.3) is 11.8 Å². The molecule has 1 heterocycles. The van der Waals surface area contributed by atoms with Crippen molar-refractivity contribution in [2.45, 2.75) is 19.4 Å². The first kappa shape index (κ1) is 18.2. The van der Waals surface area contributed by atoms with Gasteiger partial charge in [0.1, 0.15) is 6.04 Å². The average molecular weight is 360 g/mol. The highest BCUT2D eigenvalue weighted by atomic mass is 16.2. The number of likely N-dealkylation sites (N-methyl/N-ethyl adjacent to an activating group) is 1. The van der Waals surface area contributed by atoms with E-state index in [2.05, 4.69) is 10.3 Å². The molecule has 3 aromatic rings. The van der Waals surface area contributed by atoms with Gasteiger partial charge < -0.3 is 10.3 Å². The van der Waals surface area contributed by atoms with Gasteiger partial charge in [-0.05, 0) is 30.7 Å². The number of carbonyl (C=O) groups excluding carboxylic acids is 2. The number of nitrogens with one attached hydrogen (secondary N) is 2. The monoisotopic (exact) mass is 360 g/mol. The number of hydrogen-bond acceptors (Lipinski definition) is 3. The molecule has 2 aromatic carbocycles. The van der Waals surface area contributed by atoms with E-state index in [4.69, 9.17) is 0 Å².